The molecule has 0 aliphatic carbocycles. The molecule has 0 aromatic heterocycles. The molecule has 0 aliphatic rings. The minimum atomic E-state index is -0.358. The highest BCUT2D eigenvalue weighted by Crippen LogP contribution is 2.28. The number of rotatable bonds is 6. The summed E-state index contributed by atoms with van der Waals surface area (Å²) in [4.78, 5) is 12.2. The van der Waals surface area contributed by atoms with Gasteiger partial charge in [-0.1, -0.05) is 12.7 Å². The van der Waals surface area contributed by atoms with Crippen molar-refractivity contribution in [1.82, 2.24) is 0 Å². The average molecular weight is 301 g/mol. The summed E-state index contributed by atoms with van der Waals surface area (Å²) in [5.41, 5.74) is 0.921. The van der Waals surface area contributed by atoms with Crippen LogP contribution in [0.25, 0.3) is 0 Å². The van der Waals surface area contributed by atoms with Crippen LogP contribution in [0.1, 0.15) is 10.4 Å². The van der Waals surface area contributed by atoms with Crippen LogP contribution in [0.15, 0.2) is 55.1 Å². The Morgan fingerprint density at radius 1 is 1.23 bits per heavy atom. The molecule has 0 radical (unpaired) electrons. The minimum absolute atomic E-state index is 0.319. The van der Waals surface area contributed by atoms with Gasteiger partial charge in [0.2, 0.25) is 0 Å². The first-order chi connectivity index (χ1) is 10.6. The summed E-state index contributed by atoms with van der Waals surface area (Å²) in [6.07, 6.45) is 1.62. The van der Waals surface area contributed by atoms with Gasteiger partial charge in [-0.05, 0) is 42.5 Å². The van der Waals surface area contributed by atoms with Gasteiger partial charge in [-0.2, -0.15) is 0 Å². The van der Waals surface area contributed by atoms with Gasteiger partial charge in [0.15, 0.2) is 11.5 Å². The van der Waals surface area contributed by atoms with Crippen LogP contribution in [0, 0.1) is 5.82 Å². The predicted octanol–water partition coefficient (Wildman–Crippen LogP) is 3.65. The van der Waals surface area contributed by atoms with E-state index in [4.69, 9.17) is 9.47 Å². The molecule has 22 heavy (non-hydrogen) atoms. The second-order valence-corrected chi connectivity index (χ2v) is 4.43. The maximum Gasteiger partial charge on any atom is 0.255 e. The highest BCUT2D eigenvalue weighted by atomic mass is 19.1. The van der Waals surface area contributed by atoms with E-state index in [9.17, 15) is 9.18 Å². The van der Waals surface area contributed by atoms with Crippen molar-refractivity contribution in [3.8, 4) is 11.5 Å². The zero-order chi connectivity index (χ0) is 15.9. The van der Waals surface area contributed by atoms with E-state index in [0.717, 1.165) is 0 Å². The van der Waals surface area contributed by atoms with Crippen molar-refractivity contribution in [1.29, 1.82) is 0 Å². The third-order valence-corrected chi connectivity index (χ3v) is 2.88. The molecule has 0 atom stereocenters. The highest BCUT2D eigenvalue weighted by Gasteiger charge is 2.11. The third kappa shape index (κ3) is 3.85. The topological polar surface area (TPSA) is 47.6 Å². The van der Waals surface area contributed by atoms with E-state index < -0.39 is 0 Å². The molecular formula is C17H16FNO3. The quantitative estimate of drug-likeness (QED) is 0.828. The van der Waals surface area contributed by atoms with Crippen molar-refractivity contribution >= 4 is 11.6 Å². The Hall–Kier alpha value is -2.82. The normalized spacial score (nSPS) is 9.91. The van der Waals surface area contributed by atoms with Crippen LogP contribution in [0.5, 0.6) is 11.5 Å². The number of benzene rings is 2. The van der Waals surface area contributed by atoms with Crippen LogP contribution in [-0.2, 0) is 0 Å². The van der Waals surface area contributed by atoms with E-state index in [1.54, 1.807) is 24.3 Å². The van der Waals surface area contributed by atoms with Crippen LogP contribution in [0.2, 0.25) is 0 Å². The smallest absolute Gasteiger partial charge is 0.255 e. The van der Waals surface area contributed by atoms with Gasteiger partial charge in [0.1, 0.15) is 12.4 Å². The molecule has 114 valence electrons. The third-order valence-electron chi connectivity index (χ3n) is 2.88. The van der Waals surface area contributed by atoms with Crippen molar-refractivity contribution in [2.24, 2.45) is 0 Å². The van der Waals surface area contributed by atoms with Crippen LogP contribution in [-0.4, -0.2) is 19.6 Å². The molecule has 0 fully saturated rings. The first-order valence-electron chi connectivity index (χ1n) is 6.62. The molecule has 0 aliphatic heterocycles. The van der Waals surface area contributed by atoms with Crippen molar-refractivity contribution in [3.63, 3.8) is 0 Å². The van der Waals surface area contributed by atoms with Gasteiger partial charge in [-0.3, -0.25) is 4.79 Å². The number of halogens is 1. The van der Waals surface area contributed by atoms with Crippen LogP contribution < -0.4 is 14.8 Å². The van der Waals surface area contributed by atoms with Gasteiger partial charge < -0.3 is 14.8 Å². The lowest BCUT2D eigenvalue weighted by Crippen LogP contribution is -2.12. The number of methoxy groups -OCH3 is 1. The molecule has 0 unspecified atom stereocenters. The number of ether oxygens (including phenoxy) is 2. The van der Waals surface area contributed by atoms with Crippen LogP contribution in [0.3, 0.4) is 0 Å². The molecule has 0 heterocycles. The van der Waals surface area contributed by atoms with Crippen molar-refractivity contribution in [3.05, 3.63) is 66.5 Å². The van der Waals surface area contributed by atoms with Gasteiger partial charge in [-0.15, -0.1) is 0 Å². The number of nitrogens with one attached hydrogen (secondary N) is 1. The van der Waals surface area contributed by atoms with Crippen molar-refractivity contribution in [2.45, 2.75) is 0 Å². The minimum Gasteiger partial charge on any atom is -0.493 e. The van der Waals surface area contributed by atoms with Gasteiger partial charge in [0.25, 0.3) is 5.91 Å². The van der Waals surface area contributed by atoms with Gasteiger partial charge in [0, 0.05) is 11.3 Å². The molecular weight excluding hydrogens is 285 g/mol. The Labute approximate surface area is 128 Å². The fraction of sp³-hybridized carbons (Fsp3) is 0.118. The van der Waals surface area contributed by atoms with Crippen molar-refractivity contribution in [2.75, 3.05) is 19.0 Å². The molecule has 2 rings (SSSR count). The second-order valence-electron chi connectivity index (χ2n) is 4.43. The van der Waals surface area contributed by atoms with Gasteiger partial charge >= 0.3 is 0 Å². The number of carbonyl (C=O) groups is 1. The highest BCUT2D eigenvalue weighted by molar-refractivity contribution is 6.04. The molecule has 0 saturated heterocycles. The second kappa shape index (κ2) is 7.26. The number of carbonyl (C=O) groups excluding carboxylic acids is 1. The average Bonchev–Trinajstić information content (AvgIpc) is 2.54. The Bertz CT molecular complexity index is 668. The summed E-state index contributed by atoms with van der Waals surface area (Å²) in [6.45, 7) is 3.92. The van der Waals surface area contributed by atoms with E-state index in [1.165, 1.54) is 31.4 Å². The fourth-order valence-corrected chi connectivity index (χ4v) is 1.81. The molecule has 2 aromatic rings. The molecule has 0 bridgehead atoms. The number of amides is 1. The predicted molar refractivity (Wildman–Crippen MR) is 83.0 cm³/mol. The lowest BCUT2D eigenvalue weighted by atomic mass is 10.2. The number of hydrogen-bond acceptors (Lipinski definition) is 3. The largest absolute Gasteiger partial charge is 0.493 e. The van der Waals surface area contributed by atoms with E-state index in [0.29, 0.717) is 29.4 Å². The zero-order valence-corrected chi connectivity index (χ0v) is 12.1. The van der Waals surface area contributed by atoms with E-state index in [2.05, 4.69) is 11.9 Å². The molecule has 4 nitrogen and oxygen atoms in total. The number of hydrogen-bond donors (Lipinski definition) is 1. The maximum absolute atomic E-state index is 12.8. The molecule has 1 amide bonds. The molecule has 0 spiro atoms. The monoisotopic (exact) mass is 301 g/mol. The molecule has 1 N–H and O–H groups in total. The summed E-state index contributed by atoms with van der Waals surface area (Å²) < 4.78 is 23.5. The Morgan fingerprint density at radius 2 is 1.95 bits per heavy atom. The fourth-order valence-electron chi connectivity index (χ4n) is 1.81. The zero-order valence-electron chi connectivity index (χ0n) is 12.1. The summed E-state index contributed by atoms with van der Waals surface area (Å²) in [5.74, 6) is 0.304. The summed E-state index contributed by atoms with van der Waals surface area (Å²) in [6, 6.07) is 10.4. The van der Waals surface area contributed by atoms with Crippen LogP contribution >= 0.6 is 0 Å². The summed E-state index contributed by atoms with van der Waals surface area (Å²) in [5, 5.41) is 2.68. The number of anilines is 1. The van der Waals surface area contributed by atoms with Crippen molar-refractivity contribution < 1.29 is 18.7 Å². The SMILES string of the molecule is C=CCOc1ccc(C(=O)Nc2ccc(F)cc2)cc1OC. The standard InChI is InChI=1S/C17H16FNO3/c1-3-10-22-15-9-4-12(11-16(15)21-2)17(20)19-14-7-5-13(18)6-8-14/h3-9,11H,1,10H2,2H3,(H,19,20). The van der Waals surface area contributed by atoms with E-state index >= 15 is 0 Å². The van der Waals surface area contributed by atoms with E-state index in [1.807, 2.05) is 0 Å². The first kappa shape index (κ1) is 15.6. The Morgan fingerprint density at radius 3 is 2.59 bits per heavy atom. The summed E-state index contributed by atoms with van der Waals surface area (Å²) in [7, 11) is 1.50. The van der Waals surface area contributed by atoms with Gasteiger partial charge in [-0.25, -0.2) is 4.39 Å². The lowest BCUT2D eigenvalue weighted by molar-refractivity contribution is 0.102. The van der Waals surface area contributed by atoms with Crippen LogP contribution in [0.4, 0.5) is 10.1 Å². The Balaban J connectivity index is 2.15. The molecule has 2 aromatic carbocycles. The van der Waals surface area contributed by atoms with E-state index in [-0.39, 0.29) is 11.7 Å². The maximum atomic E-state index is 12.8. The van der Waals surface area contributed by atoms with Gasteiger partial charge in [0.05, 0.1) is 7.11 Å². The summed E-state index contributed by atoms with van der Waals surface area (Å²) >= 11 is 0. The Kier molecular flexibility index (Phi) is 5.14. The first-order valence-corrected chi connectivity index (χ1v) is 6.62. The lowest BCUT2D eigenvalue weighted by Gasteiger charge is -2.11. The molecule has 5 heteroatoms. The molecule has 0 saturated carbocycles.